The van der Waals surface area contributed by atoms with E-state index < -0.39 is 5.41 Å². The monoisotopic (exact) mass is 354 g/mol. The van der Waals surface area contributed by atoms with Crippen molar-refractivity contribution in [1.82, 2.24) is 4.90 Å². The fraction of sp³-hybridized carbons (Fsp3) is 0.300. The molecule has 0 unspecified atom stereocenters. The highest BCUT2D eigenvalue weighted by Gasteiger charge is 2.45. The number of nitrogens with zero attached hydrogens (tertiary/aromatic N) is 1. The van der Waals surface area contributed by atoms with E-state index in [1.165, 1.54) is 5.56 Å². The molecule has 0 saturated carbocycles. The lowest BCUT2D eigenvalue weighted by Crippen LogP contribution is -2.51. The number of hydrogen-bond acceptors (Lipinski definition) is 2. The Morgan fingerprint density at radius 3 is 2.60 bits per heavy atom. The van der Waals surface area contributed by atoms with E-state index in [9.17, 15) is 9.59 Å². The maximum Gasteiger partial charge on any atom is 0.253 e. The highest BCUT2D eigenvalue weighted by Crippen LogP contribution is 2.41. The number of piperidine rings is 1. The minimum Gasteiger partial charge on any atom is -0.339 e. The van der Waals surface area contributed by atoms with E-state index in [0.29, 0.717) is 36.5 Å². The molecular formula is C20H19ClN2O2. The Labute approximate surface area is 151 Å². The van der Waals surface area contributed by atoms with Crippen LogP contribution in [0.1, 0.15) is 28.8 Å². The standard InChI is InChI=1S/C20H19ClN2O2/c21-16-6-3-5-14(12-16)18(24)23-10-8-20(9-11-23)13-15-4-1-2-7-17(15)22-19(20)25/h1-7,12H,8-11,13H2,(H,22,25). The van der Waals surface area contributed by atoms with Crippen molar-refractivity contribution in [3.05, 3.63) is 64.7 Å². The second-order valence-electron chi connectivity index (χ2n) is 6.87. The van der Waals surface area contributed by atoms with Gasteiger partial charge in [-0.15, -0.1) is 0 Å². The average Bonchev–Trinajstić information content (AvgIpc) is 2.63. The molecule has 1 spiro atoms. The maximum atomic E-state index is 12.7. The van der Waals surface area contributed by atoms with Crippen molar-refractivity contribution >= 4 is 29.1 Å². The van der Waals surface area contributed by atoms with Crippen molar-refractivity contribution < 1.29 is 9.59 Å². The van der Waals surface area contributed by atoms with Crippen LogP contribution in [-0.2, 0) is 11.2 Å². The molecule has 25 heavy (non-hydrogen) atoms. The summed E-state index contributed by atoms with van der Waals surface area (Å²) in [5.74, 6) is 0.0648. The highest BCUT2D eigenvalue weighted by molar-refractivity contribution is 6.30. The average molecular weight is 355 g/mol. The maximum absolute atomic E-state index is 12.7. The second kappa shape index (κ2) is 6.19. The van der Waals surface area contributed by atoms with E-state index in [2.05, 4.69) is 11.4 Å². The quantitative estimate of drug-likeness (QED) is 0.847. The molecule has 5 heteroatoms. The third-order valence-corrected chi connectivity index (χ3v) is 5.59. The van der Waals surface area contributed by atoms with E-state index in [4.69, 9.17) is 11.6 Å². The molecule has 0 aromatic heterocycles. The topological polar surface area (TPSA) is 49.4 Å². The molecule has 0 atom stereocenters. The molecule has 2 heterocycles. The minimum atomic E-state index is -0.403. The molecule has 0 bridgehead atoms. The predicted octanol–water partition coefficient (Wildman–Crippen LogP) is 3.76. The molecule has 4 rings (SSSR count). The summed E-state index contributed by atoms with van der Waals surface area (Å²) in [6.45, 7) is 1.17. The molecule has 128 valence electrons. The largest absolute Gasteiger partial charge is 0.339 e. The molecule has 4 nitrogen and oxygen atoms in total. The van der Waals surface area contributed by atoms with Crippen molar-refractivity contribution in [1.29, 1.82) is 0 Å². The molecule has 2 aliphatic heterocycles. The summed E-state index contributed by atoms with van der Waals surface area (Å²) >= 11 is 5.99. The number of amides is 2. The second-order valence-corrected chi connectivity index (χ2v) is 7.31. The summed E-state index contributed by atoms with van der Waals surface area (Å²) in [5.41, 5.74) is 2.29. The molecule has 1 fully saturated rings. The summed E-state index contributed by atoms with van der Waals surface area (Å²) in [7, 11) is 0. The van der Waals surface area contributed by atoms with E-state index in [1.54, 1.807) is 24.3 Å². The number of para-hydroxylation sites is 1. The van der Waals surface area contributed by atoms with Gasteiger partial charge in [0, 0.05) is 29.4 Å². The van der Waals surface area contributed by atoms with Crippen LogP contribution in [0.2, 0.25) is 5.02 Å². The number of rotatable bonds is 1. The number of likely N-dealkylation sites (tertiary alicyclic amines) is 1. The minimum absolute atomic E-state index is 0.0195. The van der Waals surface area contributed by atoms with Gasteiger partial charge >= 0.3 is 0 Å². The number of carbonyl (C=O) groups excluding carboxylic acids is 2. The van der Waals surface area contributed by atoms with Crippen LogP contribution in [0.4, 0.5) is 5.69 Å². The van der Waals surface area contributed by atoms with Crippen LogP contribution in [0.15, 0.2) is 48.5 Å². The Bertz CT molecular complexity index is 841. The summed E-state index contributed by atoms with van der Waals surface area (Å²) in [6, 6.07) is 15.0. The lowest BCUT2D eigenvalue weighted by molar-refractivity contribution is -0.128. The van der Waals surface area contributed by atoms with Crippen molar-refractivity contribution in [2.45, 2.75) is 19.3 Å². The molecule has 1 saturated heterocycles. The van der Waals surface area contributed by atoms with Gasteiger partial charge in [0.1, 0.15) is 0 Å². The molecule has 1 N–H and O–H groups in total. The molecule has 0 radical (unpaired) electrons. The van der Waals surface area contributed by atoms with E-state index in [-0.39, 0.29) is 11.8 Å². The number of benzene rings is 2. The number of fused-ring (bicyclic) bond motifs is 1. The van der Waals surface area contributed by atoms with Gasteiger partial charge in [0.2, 0.25) is 5.91 Å². The van der Waals surface area contributed by atoms with Gasteiger partial charge in [0.05, 0.1) is 5.41 Å². The van der Waals surface area contributed by atoms with Crippen molar-refractivity contribution in [3.8, 4) is 0 Å². The number of carbonyl (C=O) groups is 2. The summed E-state index contributed by atoms with van der Waals surface area (Å²) in [5, 5.41) is 3.60. The van der Waals surface area contributed by atoms with Crippen LogP contribution < -0.4 is 5.32 Å². The fourth-order valence-electron chi connectivity index (χ4n) is 3.84. The van der Waals surface area contributed by atoms with Gasteiger partial charge in [-0.25, -0.2) is 0 Å². The Morgan fingerprint density at radius 1 is 1.08 bits per heavy atom. The number of halogens is 1. The van der Waals surface area contributed by atoms with Crippen molar-refractivity contribution in [2.24, 2.45) is 5.41 Å². The number of hydrogen-bond donors (Lipinski definition) is 1. The number of nitrogens with one attached hydrogen (secondary N) is 1. The first-order chi connectivity index (χ1) is 12.1. The lowest BCUT2D eigenvalue weighted by atomic mass is 9.71. The zero-order valence-electron chi connectivity index (χ0n) is 13.8. The zero-order valence-corrected chi connectivity index (χ0v) is 14.6. The molecule has 2 amide bonds. The normalized spacial score (nSPS) is 18.6. The molecule has 2 aliphatic rings. The van der Waals surface area contributed by atoms with Gasteiger partial charge in [-0.3, -0.25) is 9.59 Å². The Balaban J connectivity index is 1.50. The summed E-state index contributed by atoms with van der Waals surface area (Å²) < 4.78 is 0. The first kappa shape index (κ1) is 16.2. The third kappa shape index (κ3) is 2.91. The van der Waals surface area contributed by atoms with Crippen LogP contribution >= 0.6 is 11.6 Å². The Hall–Kier alpha value is -2.33. The van der Waals surface area contributed by atoms with Gasteiger partial charge < -0.3 is 10.2 Å². The molecule has 2 aromatic rings. The number of anilines is 1. The Kier molecular flexibility index (Phi) is 4.00. The fourth-order valence-corrected chi connectivity index (χ4v) is 4.03. The zero-order chi connectivity index (χ0) is 17.4. The first-order valence-corrected chi connectivity index (χ1v) is 8.89. The van der Waals surface area contributed by atoms with Gasteiger partial charge in [-0.05, 0) is 49.1 Å². The summed E-state index contributed by atoms with van der Waals surface area (Å²) in [4.78, 5) is 27.2. The van der Waals surface area contributed by atoms with Gasteiger partial charge in [0.15, 0.2) is 0 Å². The van der Waals surface area contributed by atoms with Gasteiger partial charge in [-0.1, -0.05) is 35.9 Å². The highest BCUT2D eigenvalue weighted by atomic mass is 35.5. The third-order valence-electron chi connectivity index (χ3n) is 5.36. The Morgan fingerprint density at radius 2 is 1.84 bits per heavy atom. The van der Waals surface area contributed by atoms with Crippen LogP contribution in [0.25, 0.3) is 0 Å². The van der Waals surface area contributed by atoms with Crippen LogP contribution in [0, 0.1) is 5.41 Å². The SMILES string of the molecule is O=C(c1cccc(Cl)c1)N1CCC2(CC1)Cc1ccccc1NC2=O. The molecular weight excluding hydrogens is 336 g/mol. The van der Waals surface area contributed by atoms with Crippen LogP contribution in [0.3, 0.4) is 0 Å². The lowest BCUT2D eigenvalue weighted by Gasteiger charge is -2.43. The van der Waals surface area contributed by atoms with Gasteiger partial charge in [0.25, 0.3) is 5.91 Å². The summed E-state index contributed by atoms with van der Waals surface area (Å²) in [6.07, 6.45) is 2.10. The predicted molar refractivity (Wildman–Crippen MR) is 97.8 cm³/mol. The van der Waals surface area contributed by atoms with Gasteiger partial charge in [-0.2, -0.15) is 0 Å². The van der Waals surface area contributed by atoms with Crippen molar-refractivity contribution in [2.75, 3.05) is 18.4 Å². The van der Waals surface area contributed by atoms with E-state index in [1.807, 2.05) is 23.1 Å². The van der Waals surface area contributed by atoms with Crippen LogP contribution in [-0.4, -0.2) is 29.8 Å². The van der Waals surface area contributed by atoms with E-state index >= 15 is 0 Å². The molecule has 2 aromatic carbocycles. The van der Waals surface area contributed by atoms with E-state index in [0.717, 1.165) is 12.1 Å². The molecule has 0 aliphatic carbocycles. The van der Waals surface area contributed by atoms with Crippen LogP contribution in [0.5, 0.6) is 0 Å². The van der Waals surface area contributed by atoms with Crippen molar-refractivity contribution in [3.63, 3.8) is 0 Å². The smallest absolute Gasteiger partial charge is 0.253 e. The first-order valence-electron chi connectivity index (χ1n) is 8.52.